The first-order valence-corrected chi connectivity index (χ1v) is 10.6. The third kappa shape index (κ3) is 3.69. The molecule has 0 spiro atoms. The fraction of sp³-hybridized carbons (Fsp3) is 0.400. The smallest absolute Gasteiger partial charge is 0.237 e. The van der Waals surface area contributed by atoms with Crippen molar-refractivity contribution in [3.63, 3.8) is 0 Å². The summed E-state index contributed by atoms with van der Waals surface area (Å²) in [6, 6.07) is 10.3. The molecule has 0 radical (unpaired) electrons. The number of thioether (sulfide) groups is 1. The minimum absolute atomic E-state index is 0.144. The molecule has 0 aliphatic heterocycles. The van der Waals surface area contributed by atoms with Crippen molar-refractivity contribution in [2.75, 3.05) is 11.1 Å². The second-order valence-corrected chi connectivity index (χ2v) is 8.44. The highest BCUT2D eigenvalue weighted by Crippen LogP contribution is 2.46. The minimum atomic E-state index is -0.144. The number of rotatable bonds is 7. The molecule has 2 aliphatic rings. The normalized spacial score (nSPS) is 16.3. The van der Waals surface area contributed by atoms with E-state index in [2.05, 4.69) is 25.2 Å². The zero-order valence-electron chi connectivity index (χ0n) is 15.6. The number of aromatic nitrogens is 4. The predicted molar refractivity (Wildman–Crippen MR) is 106 cm³/mol. The van der Waals surface area contributed by atoms with Crippen LogP contribution in [0.1, 0.15) is 49.0 Å². The molecular formula is C20H21N5O2S. The number of hydrogen-bond acceptors (Lipinski definition) is 6. The molecule has 0 unspecified atom stereocenters. The van der Waals surface area contributed by atoms with Gasteiger partial charge < -0.3 is 9.09 Å². The molecule has 0 bridgehead atoms. The highest BCUT2D eigenvalue weighted by molar-refractivity contribution is 7.99. The fourth-order valence-corrected chi connectivity index (χ4v) is 3.99. The molecule has 5 rings (SSSR count). The summed E-state index contributed by atoms with van der Waals surface area (Å²) in [6.07, 6.45) is 4.75. The van der Waals surface area contributed by atoms with Crippen LogP contribution in [0.5, 0.6) is 0 Å². The molecule has 1 amide bonds. The lowest BCUT2D eigenvalue weighted by Crippen LogP contribution is -2.14. The van der Waals surface area contributed by atoms with E-state index in [0.717, 1.165) is 16.5 Å². The average molecular weight is 395 g/mol. The Labute approximate surface area is 166 Å². The maximum absolute atomic E-state index is 12.3. The standard InChI is InChI=1S/C20H21N5O2S/c1-12-2-4-13(5-3-12)16-10-18(27-24-16)21-17(26)11-28-20-23-22-19(14-6-7-14)25(20)15-8-9-15/h2-5,10,14-15H,6-9,11H2,1H3,(H,21,26). The third-order valence-corrected chi connectivity index (χ3v) is 5.94. The van der Waals surface area contributed by atoms with Gasteiger partial charge in [-0.1, -0.05) is 46.7 Å². The molecule has 2 heterocycles. The Hall–Kier alpha value is -2.61. The lowest BCUT2D eigenvalue weighted by molar-refractivity contribution is -0.113. The van der Waals surface area contributed by atoms with Crippen LogP contribution in [0, 0.1) is 6.92 Å². The van der Waals surface area contributed by atoms with E-state index in [-0.39, 0.29) is 11.7 Å². The van der Waals surface area contributed by atoms with Gasteiger partial charge in [-0.2, -0.15) is 0 Å². The largest absolute Gasteiger partial charge is 0.338 e. The quantitative estimate of drug-likeness (QED) is 0.604. The van der Waals surface area contributed by atoms with Crippen molar-refractivity contribution in [2.24, 2.45) is 0 Å². The molecule has 2 fully saturated rings. The molecule has 2 saturated carbocycles. The van der Waals surface area contributed by atoms with Gasteiger partial charge >= 0.3 is 0 Å². The molecule has 2 aromatic heterocycles. The Morgan fingerprint density at radius 1 is 1.21 bits per heavy atom. The highest BCUT2D eigenvalue weighted by atomic mass is 32.2. The molecule has 7 nitrogen and oxygen atoms in total. The molecule has 3 aromatic rings. The van der Waals surface area contributed by atoms with Gasteiger partial charge in [-0.3, -0.25) is 10.1 Å². The topological polar surface area (TPSA) is 85.8 Å². The van der Waals surface area contributed by atoms with Crippen LogP contribution in [0.2, 0.25) is 0 Å². The molecule has 0 atom stereocenters. The van der Waals surface area contributed by atoms with E-state index >= 15 is 0 Å². The van der Waals surface area contributed by atoms with Gasteiger partial charge in [0.15, 0.2) is 5.16 Å². The van der Waals surface area contributed by atoms with Crippen LogP contribution >= 0.6 is 11.8 Å². The first-order chi connectivity index (χ1) is 13.7. The Morgan fingerprint density at radius 2 is 2.00 bits per heavy atom. The number of amides is 1. The second kappa shape index (κ2) is 7.09. The SMILES string of the molecule is Cc1ccc(-c2cc(NC(=O)CSc3nnc(C4CC4)n3C3CC3)on2)cc1. The number of aryl methyl sites for hydroxylation is 1. The van der Waals surface area contributed by atoms with Gasteiger partial charge in [0.2, 0.25) is 11.8 Å². The minimum Gasteiger partial charge on any atom is -0.338 e. The van der Waals surface area contributed by atoms with E-state index in [9.17, 15) is 4.79 Å². The van der Waals surface area contributed by atoms with Gasteiger partial charge in [-0.05, 0) is 32.6 Å². The van der Waals surface area contributed by atoms with Gasteiger partial charge in [0.05, 0.1) is 5.75 Å². The van der Waals surface area contributed by atoms with Crippen molar-refractivity contribution in [3.05, 3.63) is 41.7 Å². The van der Waals surface area contributed by atoms with E-state index in [4.69, 9.17) is 4.52 Å². The monoisotopic (exact) mass is 395 g/mol. The van der Waals surface area contributed by atoms with Crippen LogP contribution in [-0.4, -0.2) is 31.6 Å². The van der Waals surface area contributed by atoms with Crippen molar-refractivity contribution in [1.29, 1.82) is 0 Å². The third-order valence-electron chi connectivity index (χ3n) is 5.00. The summed E-state index contributed by atoms with van der Waals surface area (Å²) >= 11 is 1.43. The number of nitrogens with one attached hydrogen (secondary N) is 1. The molecule has 0 saturated heterocycles. The van der Waals surface area contributed by atoms with E-state index in [0.29, 0.717) is 23.5 Å². The average Bonchev–Trinajstić information content (AvgIpc) is 3.63. The Morgan fingerprint density at radius 3 is 2.71 bits per heavy atom. The lowest BCUT2D eigenvalue weighted by Gasteiger charge is -2.07. The summed E-state index contributed by atoms with van der Waals surface area (Å²) in [5.41, 5.74) is 2.83. The molecule has 28 heavy (non-hydrogen) atoms. The zero-order valence-corrected chi connectivity index (χ0v) is 16.4. The molecule has 1 aromatic carbocycles. The predicted octanol–water partition coefficient (Wildman–Crippen LogP) is 4.18. The number of nitrogens with zero attached hydrogens (tertiary/aromatic N) is 4. The zero-order chi connectivity index (χ0) is 19.1. The second-order valence-electron chi connectivity index (χ2n) is 7.50. The molecule has 8 heteroatoms. The first-order valence-electron chi connectivity index (χ1n) is 9.58. The number of hydrogen-bond donors (Lipinski definition) is 1. The molecule has 1 N–H and O–H groups in total. The van der Waals surface area contributed by atoms with Crippen molar-refractivity contribution < 1.29 is 9.32 Å². The van der Waals surface area contributed by atoms with Crippen molar-refractivity contribution in [3.8, 4) is 11.3 Å². The Balaban J connectivity index is 1.21. The van der Waals surface area contributed by atoms with Crippen molar-refractivity contribution in [1.82, 2.24) is 19.9 Å². The fourth-order valence-electron chi connectivity index (χ4n) is 3.18. The van der Waals surface area contributed by atoms with E-state index in [1.165, 1.54) is 43.0 Å². The summed E-state index contributed by atoms with van der Waals surface area (Å²) in [7, 11) is 0. The molecule has 144 valence electrons. The van der Waals surface area contributed by atoms with E-state index in [1.807, 2.05) is 31.2 Å². The van der Waals surface area contributed by atoms with Gasteiger partial charge in [-0.25, -0.2) is 0 Å². The van der Waals surface area contributed by atoms with Gasteiger partial charge in [0.25, 0.3) is 0 Å². The van der Waals surface area contributed by atoms with Crippen LogP contribution in [-0.2, 0) is 4.79 Å². The number of anilines is 1. The van der Waals surface area contributed by atoms with E-state index in [1.54, 1.807) is 6.07 Å². The molecular weight excluding hydrogens is 374 g/mol. The Kier molecular flexibility index (Phi) is 4.43. The van der Waals surface area contributed by atoms with Crippen LogP contribution in [0.4, 0.5) is 5.88 Å². The van der Waals surface area contributed by atoms with E-state index < -0.39 is 0 Å². The van der Waals surface area contributed by atoms with Gasteiger partial charge in [-0.15, -0.1) is 10.2 Å². The van der Waals surface area contributed by atoms with Crippen molar-refractivity contribution >= 4 is 23.6 Å². The summed E-state index contributed by atoms with van der Waals surface area (Å²) in [5.74, 6) is 2.13. The number of benzene rings is 1. The maximum Gasteiger partial charge on any atom is 0.237 e. The first kappa shape index (κ1) is 17.5. The van der Waals surface area contributed by atoms with Crippen LogP contribution in [0.15, 0.2) is 40.0 Å². The maximum atomic E-state index is 12.3. The number of carbonyl (C=O) groups excluding carboxylic acids is 1. The Bertz CT molecular complexity index is 1000. The summed E-state index contributed by atoms with van der Waals surface area (Å²) in [4.78, 5) is 12.3. The van der Waals surface area contributed by atoms with Crippen LogP contribution in [0.3, 0.4) is 0 Å². The van der Waals surface area contributed by atoms with Gasteiger partial charge in [0.1, 0.15) is 11.5 Å². The summed E-state index contributed by atoms with van der Waals surface area (Å²) in [6.45, 7) is 2.04. The lowest BCUT2D eigenvalue weighted by atomic mass is 10.1. The number of carbonyl (C=O) groups is 1. The summed E-state index contributed by atoms with van der Waals surface area (Å²) in [5, 5.41) is 16.4. The van der Waals surface area contributed by atoms with Crippen molar-refractivity contribution in [2.45, 2.75) is 49.7 Å². The van der Waals surface area contributed by atoms with Crippen LogP contribution < -0.4 is 5.32 Å². The highest BCUT2D eigenvalue weighted by Gasteiger charge is 2.36. The van der Waals surface area contributed by atoms with Crippen LogP contribution in [0.25, 0.3) is 11.3 Å². The molecule has 2 aliphatic carbocycles. The van der Waals surface area contributed by atoms with Gasteiger partial charge in [0, 0.05) is 23.6 Å². The summed E-state index contributed by atoms with van der Waals surface area (Å²) < 4.78 is 7.51.